The molecule has 19 heavy (non-hydrogen) atoms. The van der Waals surface area contributed by atoms with E-state index in [0.29, 0.717) is 24.1 Å². The van der Waals surface area contributed by atoms with Gasteiger partial charge in [0.2, 0.25) is 0 Å². The summed E-state index contributed by atoms with van der Waals surface area (Å²) in [6.07, 6.45) is 2.21. The van der Waals surface area contributed by atoms with Gasteiger partial charge in [0.05, 0.1) is 0 Å². The van der Waals surface area contributed by atoms with Crippen molar-refractivity contribution < 1.29 is 9.18 Å². The van der Waals surface area contributed by atoms with Crippen molar-refractivity contribution >= 4 is 5.91 Å². The van der Waals surface area contributed by atoms with Gasteiger partial charge in [-0.05, 0) is 30.7 Å². The lowest BCUT2D eigenvalue weighted by Crippen LogP contribution is -2.27. The van der Waals surface area contributed by atoms with Crippen LogP contribution in [0.1, 0.15) is 21.7 Å². The van der Waals surface area contributed by atoms with E-state index < -0.39 is 0 Å². The molecule has 1 N–H and O–H groups in total. The van der Waals surface area contributed by atoms with Crippen LogP contribution in [0.5, 0.6) is 0 Å². The third-order valence-electron chi connectivity index (χ3n) is 2.87. The van der Waals surface area contributed by atoms with Crippen LogP contribution in [0, 0.1) is 12.7 Å². The predicted molar refractivity (Wildman–Crippen MR) is 68.2 cm³/mol. The fraction of sp³-hybridized carbons (Fsp3) is 0.308. The second kappa shape index (κ2) is 5.60. The van der Waals surface area contributed by atoms with Gasteiger partial charge in [-0.3, -0.25) is 4.79 Å². The minimum Gasteiger partial charge on any atom is -0.352 e. The summed E-state index contributed by atoms with van der Waals surface area (Å²) in [6.45, 7) is 2.17. The molecule has 0 atom stereocenters. The largest absolute Gasteiger partial charge is 0.352 e. The third-order valence-corrected chi connectivity index (χ3v) is 2.87. The first-order valence-corrected chi connectivity index (χ1v) is 5.95. The highest BCUT2D eigenvalue weighted by atomic mass is 19.1. The molecule has 0 unspecified atom stereocenters. The van der Waals surface area contributed by atoms with E-state index in [-0.39, 0.29) is 11.7 Å². The van der Waals surface area contributed by atoms with Gasteiger partial charge in [0.25, 0.3) is 5.91 Å². The molecule has 0 bridgehead atoms. The summed E-state index contributed by atoms with van der Waals surface area (Å²) in [5.74, 6) is 0.254. The van der Waals surface area contributed by atoms with Crippen molar-refractivity contribution in [2.75, 3.05) is 6.54 Å². The smallest absolute Gasteiger partial charge is 0.251 e. The topological polar surface area (TPSA) is 59.8 Å². The number of hydrogen-bond donors (Lipinski definition) is 1. The number of nitrogens with one attached hydrogen (secondary N) is 1. The van der Waals surface area contributed by atoms with Gasteiger partial charge in [-0.2, -0.15) is 0 Å². The van der Waals surface area contributed by atoms with Crippen LogP contribution in [-0.4, -0.2) is 27.2 Å². The molecule has 1 aromatic carbocycles. The second-order valence-electron chi connectivity index (χ2n) is 4.32. The minimum absolute atomic E-state index is 0.209. The fourth-order valence-electron chi connectivity index (χ4n) is 1.80. The normalized spacial score (nSPS) is 10.5. The first-order valence-electron chi connectivity index (χ1n) is 5.95. The molecule has 1 heterocycles. The van der Waals surface area contributed by atoms with Crippen LogP contribution < -0.4 is 5.32 Å². The maximum Gasteiger partial charge on any atom is 0.251 e. The summed E-state index contributed by atoms with van der Waals surface area (Å²) in [5, 5.41) is 10.5. The zero-order valence-corrected chi connectivity index (χ0v) is 10.9. The molecule has 0 aliphatic rings. The number of aryl methyl sites for hydroxylation is 2. The summed E-state index contributed by atoms with van der Waals surface area (Å²) in [6, 6.07) is 4.12. The molecule has 0 radical (unpaired) electrons. The molecule has 0 saturated carbocycles. The molecule has 2 aromatic rings. The molecule has 0 aliphatic carbocycles. The molecule has 0 fully saturated rings. The molecule has 1 aromatic heterocycles. The van der Waals surface area contributed by atoms with E-state index in [9.17, 15) is 9.18 Å². The van der Waals surface area contributed by atoms with E-state index in [1.807, 2.05) is 7.05 Å². The number of aromatic nitrogens is 3. The molecule has 0 spiro atoms. The monoisotopic (exact) mass is 262 g/mol. The highest BCUT2D eigenvalue weighted by Crippen LogP contribution is 2.09. The Kier molecular flexibility index (Phi) is 3.89. The van der Waals surface area contributed by atoms with E-state index in [1.54, 1.807) is 17.8 Å². The highest BCUT2D eigenvalue weighted by molar-refractivity contribution is 5.95. The van der Waals surface area contributed by atoms with Crippen molar-refractivity contribution in [3.05, 3.63) is 47.3 Å². The Labute approximate surface area is 110 Å². The maximum atomic E-state index is 12.9. The van der Waals surface area contributed by atoms with Crippen LogP contribution in [0.2, 0.25) is 0 Å². The van der Waals surface area contributed by atoms with Gasteiger partial charge in [-0.1, -0.05) is 0 Å². The van der Waals surface area contributed by atoms with Gasteiger partial charge in [0, 0.05) is 25.6 Å². The van der Waals surface area contributed by atoms with Gasteiger partial charge in [-0.25, -0.2) is 4.39 Å². The lowest BCUT2D eigenvalue weighted by atomic mass is 10.1. The molecular formula is C13H15FN4O. The van der Waals surface area contributed by atoms with Crippen LogP contribution in [0.3, 0.4) is 0 Å². The molecule has 0 aliphatic heterocycles. The summed E-state index contributed by atoms with van der Waals surface area (Å²) in [4.78, 5) is 11.9. The Morgan fingerprint density at radius 3 is 2.89 bits per heavy atom. The molecule has 5 nitrogen and oxygen atoms in total. The molecule has 100 valence electrons. The number of halogens is 1. The minimum atomic E-state index is -0.340. The number of amides is 1. The highest BCUT2D eigenvalue weighted by Gasteiger charge is 2.09. The Morgan fingerprint density at radius 2 is 2.26 bits per heavy atom. The van der Waals surface area contributed by atoms with Crippen molar-refractivity contribution in [3.8, 4) is 0 Å². The van der Waals surface area contributed by atoms with E-state index >= 15 is 0 Å². The standard InChI is InChI=1S/C13H15FN4O/c1-9-7-10(14)3-4-11(9)13(19)15-6-5-12-17-16-8-18(12)2/h3-4,7-8H,5-6H2,1-2H3,(H,15,19). The van der Waals surface area contributed by atoms with Crippen molar-refractivity contribution in [2.45, 2.75) is 13.3 Å². The van der Waals surface area contributed by atoms with Gasteiger partial charge >= 0.3 is 0 Å². The Balaban J connectivity index is 1.93. The molecule has 0 saturated heterocycles. The number of carbonyl (C=O) groups is 1. The summed E-state index contributed by atoms with van der Waals surface area (Å²) >= 11 is 0. The zero-order chi connectivity index (χ0) is 13.8. The van der Waals surface area contributed by atoms with Gasteiger partial charge in [0.1, 0.15) is 18.0 Å². The van der Waals surface area contributed by atoms with E-state index in [2.05, 4.69) is 15.5 Å². The van der Waals surface area contributed by atoms with Gasteiger partial charge in [-0.15, -0.1) is 10.2 Å². The van der Waals surface area contributed by atoms with Crippen LogP contribution in [-0.2, 0) is 13.5 Å². The Hall–Kier alpha value is -2.24. The zero-order valence-electron chi connectivity index (χ0n) is 10.9. The summed E-state index contributed by atoms with van der Waals surface area (Å²) in [5.41, 5.74) is 1.11. The van der Waals surface area contributed by atoms with Gasteiger partial charge in [0.15, 0.2) is 0 Å². The number of benzene rings is 1. The number of hydrogen-bond acceptors (Lipinski definition) is 3. The molecule has 6 heteroatoms. The summed E-state index contributed by atoms with van der Waals surface area (Å²) in [7, 11) is 1.85. The van der Waals surface area contributed by atoms with Crippen molar-refractivity contribution in [2.24, 2.45) is 7.05 Å². The van der Waals surface area contributed by atoms with Gasteiger partial charge < -0.3 is 9.88 Å². The first-order chi connectivity index (χ1) is 9.08. The van der Waals surface area contributed by atoms with E-state index in [0.717, 1.165) is 5.82 Å². The van der Waals surface area contributed by atoms with E-state index in [1.165, 1.54) is 18.2 Å². The average Bonchev–Trinajstić information content (AvgIpc) is 2.75. The molecular weight excluding hydrogens is 247 g/mol. The van der Waals surface area contributed by atoms with Crippen molar-refractivity contribution in [1.82, 2.24) is 20.1 Å². The number of rotatable bonds is 4. The first kappa shape index (κ1) is 13.2. The maximum absolute atomic E-state index is 12.9. The van der Waals surface area contributed by atoms with Crippen LogP contribution in [0.15, 0.2) is 24.5 Å². The average molecular weight is 262 g/mol. The van der Waals surface area contributed by atoms with E-state index in [4.69, 9.17) is 0 Å². The lowest BCUT2D eigenvalue weighted by Gasteiger charge is -2.07. The van der Waals surface area contributed by atoms with Crippen LogP contribution in [0.4, 0.5) is 4.39 Å². The lowest BCUT2D eigenvalue weighted by molar-refractivity contribution is 0.0953. The second-order valence-corrected chi connectivity index (χ2v) is 4.32. The molecule has 2 rings (SSSR count). The predicted octanol–water partition coefficient (Wildman–Crippen LogP) is 1.24. The number of carbonyl (C=O) groups excluding carboxylic acids is 1. The number of nitrogens with zero attached hydrogens (tertiary/aromatic N) is 3. The van der Waals surface area contributed by atoms with Crippen LogP contribution in [0.25, 0.3) is 0 Å². The Bertz CT molecular complexity index is 594. The summed E-state index contributed by atoms with van der Waals surface area (Å²) < 4.78 is 14.7. The van der Waals surface area contributed by atoms with Crippen LogP contribution >= 0.6 is 0 Å². The Morgan fingerprint density at radius 1 is 1.47 bits per heavy atom. The third kappa shape index (κ3) is 3.15. The fourth-order valence-corrected chi connectivity index (χ4v) is 1.80. The quantitative estimate of drug-likeness (QED) is 0.901. The molecule has 1 amide bonds. The van der Waals surface area contributed by atoms with Crippen molar-refractivity contribution in [1.29, 1.82) is 0 Å². The van der Waals surface area contributed by atoms with Crippen molar-refractivity contribution in [3.63, 3.8) is 0 Å². The SMILES string of the molecule is Cc1cc(F)ccc1C(=O)NCCc1nncn1C.